The molecule has 0 spiro atoms. The van der Waals surface area contributed by atoms with Gasteiger partial charge >= 0.3 is 5.97 Å². The van der Waals surface area contributed by atoms with Crippen LogP contribution in [0, 0.1) is 50.2 Å². The molecule has 15 nitrogen and oxygen atoms in total. The number of ether oxygens (including phenoxy) is 2. The predicted octanol–water partition coefficient (Wildman–Crippen LogP) is 3.24. The Morgan fingerprint density at radius 2 is 1.70 bits per heavy atom. The predicted molar refractivity (Wildman–Crippen MR) is 219 cm³/mol. The van der Waals surface area contributed by atoms with Gasteiger partial charge in [0.1, 0.15) is 24.0 Å². The largest absolute Gasteiger partial charge is 0.478 e. The normalized spacial score (nSPS) is 41.3. The maximum Gasteiger partial charge on any atom is 0.373 e. The Morgan fingerprint density at radius 1 is 0.983 bits per heavy atom. The van der Waals surface area contributed by atoms with Crippen LogP contribution in [0.3, 0.4) is 0 Å². The summed E-state index contributed by atoms with van der Waals surface area (Å²) in [7, 11) is 1.16. The second kappa shape index (κ2) is 15.5. The molecule has 4 fully saturated rings. The number of carbonyl (C=O) groups is 3. The number of rotatable bonds is 9. The molecule has 5 aliphatic carbocycles. The molecule has 334 valence electrons. The summed E-state index contributed by atoms with van der Waals surface area (Å²) in [5, 5.41) is 69.0. The zero-order chi connectivity index (χ0) is 44.0. The van der Waals surface area contributed by atoms with Gasteiger partial charge in [-0.1, -0.05) is 65.3 Å². The van der Waals surface area contributed by atoms with Crippen LogP contribution >= 0.6 is 0 Å². The van der Waals surface area contributed by atoms with Crippen molar-refractivity contribution >= 4 is 17.8 Å². The summed E-state index contributed by atoms with van der Waals surface area (Å²) in [6.45, 7) is 16.7. The third-order valence-corrected chi connectivity index (χ3v) is 17.4. The highest BCUT2D eigenvalue weighted by atomic mass is 16.6. The number of nitrogens with zero attached hydrogens (tertiary/aromatic N) is 3. The number of methoxy groups -OCH3 is 1. The number of nitrogens with one attached hydrogen (secondary N) is 2. The minimum atomic E-state index is -1.72. The van der Waals surface area contributed by atoms with Gasteiger partial charge in [0.2, 0.25) is 17.6 Å². The van der Waals surface area contributed by atoms with E-state index in [2.05, 4.69) is 75.5 Å². The number of amides is 2. The number of hydrogen-bond donors (Lipinski definition) is 7. The smallest absolute Gasteiger partial charge is 0.373 e. The number of esters is 1. The minimum absolute atomic E-state index is 0.0161. The monoisotopic (exact) mass is 840 g/mol. The summed E-state index contributed by atoms with van der Waals surface area (Å²) in [5.74, 6) is -1.27. The lowest BCUT2D eigenvalue weighted by molar-refractivity contribution is -0.215. The molecule has 7 N–H and O–H groups in total. The highest BCUT2D eigenvalue weighted by molar-refractivity contribution is 5.86. The second-order valence-corrected chi connectivity index (χ2v) is 21.3. The molecule has 4 saturated carbocycles. The molecule has 1 aromatic rings. The van der Waals surface area contributed by atoms with E-state index in [1.807, 2.05) is 0 Å². The third kappa shape index (κ3) is 6.83. The molecule has 60 heavy (non-hydrogen) atoms. The molecular weight excluding hydrogens is 771 g/mol. The van der Waals surface area contributed by atoms with Crippen LogP contribution in [0.2, 0.25) is 0 Å². The van der Waals surface area contributed by atoms with Crippen molar-refractivity contribution in [3.8, 4) is 0 Å². The minimum Gasteiger partial charge on any atom is -0.478 e. The van der Waals surface area contributed by atoms with Gasteiger partial charge in [-0.15, -0.1) is 5.10 Å². The first kappa shape index (κ1) is 44.7. The summed E-state index contributed by atoms with van der Waals surface area (Å²) >= 11 is 0. The van der Waals surface area contributed by atoms with Gasteiger partial charge in [-0.05, 0) is 109 Å². The van der Waals surface area contributed by atoms with Crippen molar-refractivity contribution in [1.29, 1.82) is 0 Å². The average Bonchev–Trinajstić information content (AvgIpc) is 3.66. The quantitative estimate of drug-likeness (QED) is 0.141. The van der Waals surface area contributed by atoms with E-state index in [0.29, 0.717) is 30.4 Å². The first-order chi connectivity index (χ1) is 28.0. The molecule has 7 rings (SSSR count). The standard InChI is InChI=1S/C45H69N5O10/c1-24(52)47-35-28(18-30(38(57)59-9)60-37(35)36(56)29(53)23-51)50-22-25(48-49-50)21-46-39(58)45-17-16-40(2,3)19-27(45)26-10-11-32-42(6)14-13-33(54)41(4,5)31(42)12-15-43(32,7)44(26,8)20-34(45)55/h10,18,22,27-29,31-37,51,53-56H,11-17,19-21,23H2,1-9H3,(H,46,58)(H,47,52)/t27-,28-,29+,31-,32+,33-,34+,35+,36+,37+,42-,43+,44+,45+/m0/s1. The van der Waals surface area contributed by atoms with Crippen molar-refractivity contribution in [2.45, 2.75) is 162 Å². The topological polar surface area (TPSA) is 226 Å². The maximum absolute atomic E-state index is 14.9. The zero-order valence-electron chi connectivity index (χ0n) is 36.9. The number of allylic oxidation sites excluding steroid dienone is 2. The van der Waals surface area contributed by atoms with Crippen LogP contribution in [-0.4, -0.2) is 109 Å². The number of aromatic nitrogens is 3. The first-order valence-corrected chi connectivity index (χ1v) is 22.0. The lowest BCUT2D eigenvalue weighted by Gasteiger charge is -2.71. The maximum atomic E-state index is 14.9. The van der Waals surface area contributed by atoms with E-state index < -0.39 is 60.4 Å². The van der Waals surface area contributed by atoms with Crippen LogP contribution in [0.1, 0.15) is 125 Å². The number of aliphatic hydroxyl groups excluding tert-OH is 5. The van der Waals surface area contributed by atoms with Crippen molar-refractivity contribution in [3.63, 3.8) is 0 Å². The molecular formula is C45H69N5O10. The zero-order valence-corrected chi connectivity index (χ0v) is 36.9. The van der Waals surface area contributed by atoms with Crippen molar-refractivity contribution in [2.75, 3.05) is 13.7 Å². The van der Waals surface area contributed by atoms with Crippen LogP contribution in [-0.2, 0) is 30.4 Å². The first-order valence-electron chi connectivity index (χ1n) is 22.0. The third-order valence-electron chi connectivity index (χ3n) is 17.4. The van der Waals surface area contributed by atoms with Crippen LogP contribution in [0.25, 0.3) is 0 Å². The lowest BCUT2D eigenvalue weighted by atomic mass is 9.33. The summed E-state index contributed by atoms with van der Waals surface area (Å²) in [4.78, 5) is 40.0. The molecule has 1 aliphatic heterocycles. The Hall–Kier alpha value is -3.37. The molecule has 14 atom stereocenters. The number of fused-ring (bicyclic) bond motifs is 7. The van der Waals surface area contributed by atoms with E-state index in [4.69, 9.17) is 9.47 Å². The average molecular weight is 840 g/mol. The van der Waals surface area contributed by atoms with E-state index in [1.165, 1.54) is 23.3 Å². The van der Waals surface area contributed by atoms with Gasteiger partial charge in [0.15, 0.2) is 0 Å². The van der Waals surface area contributed by atoms with Crippen LogP contribution in [0.4, 0.5) is 0 Å². The highest BCUT2D eigenvalue weighted by Gasteiger charge is 2.71. The molecule has 0 radical (unpaired) electrons. The summed E-state index contributed by atoms with van der Waals surface area (Å²) in [6, 6.07) is -2.04. The van der Waals surface area contributed by atoms with Gasteiger partial charge in [0.25, 0.3) is 0 Å². The lowest BCUT2D eigenvalue weighted by Crippen LogP contribution is -2.68. The Balaban J connectivity index is 1.17. The SMILES string of the molecule is COC(=O)C1=C[C@H](n2cc(CNC(=O)[C@]34CCC(C)(C)C[C@H]3C3=CC[C@@H]5[C@@]6(C)CC[C@H](O)C(C)(C)[C@@H]6CC[C@@]5(C)[C@]3(C)C[C@H]4O)nn2)[C@@H](NC(C)=O)[C@H]([C@H](O)[C@H](O)CO)O1. The number of aliphatic hydroxyl groups is 5. The van der Waals surface area contributed by atoms with Gasteiger partial charge in [-0.3, -0.25) is 9.59 Å². The van der Waals surface area contributed by atoms with E-state index in [-0.39, 0.29) is 57.3 Å². The second-order valence-electron chi connectivity index (χ2n) is 21.3. The van der Waals surface area contributed by atoms with E-state index in [9.17, 15) is 39.9 Å². The Morgan fingerprint density at radius 3 is 2.37 bits per heavy atom. The Kier molecular flexibility index (Phi) is 11.5. The van der Waals surface area contributed by atoms with Crippen LogP contribution in [0.5, 0.6) is 0 Å². The molecule has 0 saturated heterocycles. The van der Waals surface area contributed by atoms with Crippen molar-refractivity contribution in [1.82, 2.24) is 25.6 Å². The van der Waals surface area contributed by atoms with Gasteiger partial charge in [-0.2, -0.15) is 0 Å². The fraction of sp³-hybridized carbons (Fsp3) is 0.800. The molecule has 0 aromatic carbocycles. The van der Waals surface area contributed by atoms with Crippen LogP contribution in [0.15, 0.2) is 29.7 Å². The van der Waals surface area contributed by atoms with Gasteiger partial charge in [0, 0.05) is 6.92 Å². The highest BCUT2D eigenvalue weighted by Crippen LogP contribution is 2.75. The van der Waals surface area contributed by atoms with Gasteiger partial charge in [0.05, 0.1) is 56.2 Å². The van der Waals surface area contributed by atoms with Gasteiger partial charge in [-0.25, -0.2) is 9.48 Å². The van der Waals surface area contributed by atoms with E-state index in [1.54, 1.807) is 6.20 Å². The Labute approximate surface area is 353 Å². The summed E-state index contributed by atoms with van der Waals surface area (Å²) in [5.41, 5.74) is 0.0492. The van der Waals surface area contributed by atoms with E-state index >= 15 is 0 Å². The molecule has 0 bridgehead atoms. The fourth-order valence-electron chi connectivity index (χ4n) is 13.8. The van der Waals surface area contributed by atoms with Crippen molar-refractivity contribution < 1.29 is 49.4 Å². The number of carbonyl (C=O) groups excluding carboxylic acids is 3. The molecule has 6 aliphatic rings. The van der Waals surface area contributed by atoms with Crippen molar-refractivity contribution in [3.05, 3.63) is 35.4 Å². The molecule has 2 heterocycles. The molecule has 1 aromatic heterocycles. The molecule has 15 heteroatoms. The Bertz CT molecular complexity index is 1910. The van der Waals surface area contributed by atoms with E-state index in [0.717, 1.165) is 52.1 Å². The van der Waals surface area contributed by atoms with Crippen molar-refractivity contribution in [2.24, 2.45) is 50.2 Å². The number of hydrogen-bond acceptors (Lipinski definition) is 12. The summed E-state index contributed by atoms with van der Waals surface area (Å²) in [6.07, 6.45) is 6.73. The fourth-order valence-corrected chi connectivity index (χ4v) is 13.8. The molecule has 0 unspecified atom stereocenters. The summed E-state index contributed by atoms with van der Waals surface area (Å²) < 4.78 is 12.0. The molecule has 2 amide bonds. The van der Waals surface area contributed by atoms with Crippen LogP contribution < -0.4 is 10.6 Å². The van der Waals surface area contributed by atoms with Gasteiger partial charge < -0.3 is 45.6 Å².